The fraction of sp³-hybridized carbons (Fsp3) is 0.500. The van der Waals surface area contributed by atoms with Crippen LogP contribution >= 0.6 is 0 Å². The van der Waals surface area contributed by atoms with Crippen LogP contribution in [0.3, 0.4) is 0 Å². The predicted octanol–water partition coefficient (Wildman–Crippen LogP) is 3.46. The van der Waals surface area contributed by atoms with Crippen LogP contribution in [0.25, 0.3) is 0 Å². The Hall–Kier alpha value is -1.29. The van der Waals surface area contributed by atoms with Crippen molar-refractivity contribution >= 4 is 0 Å². The molecule has 0 spiro atoms. The Bertz CT molecular complexity index is 398. The van der Waals surface area contributed by atoms with E-state index in [0.29, 0.717) is 0 Å². The van der Waals surface area contributed by atoms with Gasteiger partial charge in [0.1, 0.15) is 0 Å². The maximum absolute atomic E-state index is 8.75. The molecule has 2 fully saturated rings. The van der Waals surface area contributed by atoms with Gasteiger partial charge in [-0.3, -0.25) is 0 Å². The van der Waals surface area contributed by atoms with Gasteiger partial charge in [-0.1, -0.05) is 18.6 Å². The van der Waals surface area contributed by atoms with Crippen molar-refractivity contribution in [2.45, 2.75) is 31.6 Å². The van der Waals surface area contributed by atoms with Crippen molar-refractivity contribution in [3.63, 3.8) is 0 Å². The van der Waals surface area contributed by atoms with Gasteiger partial charge in [-0.25, -0.2) is 0 Å². The van der Waals surface area contributed by atoms with Gasteiger partial charge in [-0.15, -0.1) is 0 Å². The normalized spacial score (nSPS) is 32.9. The third kappa shape index (κ3) is 1.45. The van der Waals surface area contributed by atoms with Crippen LogP contribution in [-0.4, -0.2) is 0 Å². The third-order valence-corrected chi connectivity index (χ3v) is 4.21. The van der Waals surface area contributed by atoms with Gasteiger partial charge in [0.15, 0.2) is 0 Å². The Balaban J connectivity index is 1.85. The zero-order valence-corrected chi connectivity index (χ0v) is 8.82. The molecule has 2 bridgehead atoms. The maximum atomic E-state index is 8.75. The second-order valence-electron chi connectivity index (χ2n) is 5.02. The quantitative estimate of drug-likeness (QED) is 0.676. The van der Waals surface area contributed by atoms with Crippen molar-refractivity contribution in [2.24, 2.45) is 11.8 Å². The predicted molar refractivity (Wildman–Crippen MR) is 59.3 cm³/mol. The largest absolute Gasteiger partial charge is 0.192 e. The van der Waals surface area contributed by atoms with Crippen molar-refractivity contribution < 1.29 is 0 Å². The molecule has 0 aromatic heterocycles. The molecule has 0 heterocycles. The van der Waals surface area contributed by atoms with Gasteiger partial charge >= 0.3 is 0 Å². The Morgan fingerprint density at radius 2 is 1.87 bits per heavy atom. The van der Waals surface area contributed by atoms with E-state index in [9.17, 15) is 0 Å². The first-order valence-corrected chi connectivity index (χ1v) is 5.87. The summed E-state index contributed by atoms with van der Waals surface area (Å²) in [5, 5.41) is 8.75. The SMILES string of the molecule is N#Cc1ccc([C@@H]2C[C@H]3CC[C@@H]2C3)cc1. The molecule has 2 aliphatic rings. The van der Waals surface area contributed by atoms with Gasteiger partial charge in [0, 0.05) is 0 Å². The molecular weight excluding hydrogens is 182 g/mol. The van der Waals surface area contributed by atoms with Crippen molar-refractivity contribution in [1.29, 1.82) is 5.26 Å². The number of fused-ring (bicyclic) bond motifs is 2. The minimum atomic E-state index is 0.780. The van der Waals surface area contributed by atoms with Gasteiger partial charge in [0.2, 0.25) is 0 Å². The number of rotatable bonds is 1. The van der Waals surface area contributed by atoms with E-state index in [2.05, 4.69) is 18.2 Å². The molecule has 0 saturated heterocycles. The van der Waals surface area contributed by atoms with Crippen molar-refractivity contribution in [3.05, 3.63) is 35.4 Å². The number of hydrogen-bond acceptors (Lipinski definition) is 1. The van der Waals surface area contributed by atoms with Gasteiger partial charge in [0.05, 0.1) is 11.6 Å². The first-order valence-electron chi connectivity index (χ1n) is 5.87. The van der Waals surface area contributed by atoms with E-state index in [-0.39, 0.29) is 0 Å². The van der Waals surface area contributed by atoms with E-state index < -0.39 is 0 Å². The molecule has 1 aromatic rings. The fourth-order valence-corrected chi connectivity index (χ4v) is 3.46. The zero-order chi connectivity index (χ0) is 10.3. The molecule has 0 radical (unpaired) electrons. The summed E-state index contributed by atoms with van der Waals surface area (Å²) in [6.45, 7) is 0. The number of hydrogen-bond donors (Lipinski definition) is 0. The molecule has 3 atom stereocenters. The highest BCUT2D eigenvalue weighted by molar-refractivity contribution is 5.34. The molecular formula is C14H15N. The summed E-state index contributed by atoms with van der Waals surface area (Å²) >= 11 is 0. The molecule has 3 rings (SSSR count). The molecule has 1 heteroatoms. The monoisotopic (exact) mass is 197 g/mol. The molecule has 1 nitrogen and oxygen atoms in total. The molecule has 0 amide bonds. The van der Waals surface area contributed by atoms with E-state index in [1.54, 1.807) is 0 Å². The van der Waals surface area contributed by atoms with E-state index in [4.69, 9.17) is 5.26 Å². The van der Waals surface area contributed by atoms with Crippen LogP contribution in [0.15, 0.2) is 24.3 Å². The smallest absolute Gasteiger partial charge is 0.0991 e. The highest BCUT2D eigenvalue weighted by Crippen LogP contribution is 2.52. The second-order valence-corrected chi connectivity index (χ2v) is 5.02. The lowest BCUT2D eigenvalue weighted by atomic mass is 9.83. The van der Waals surface area contributed by atoms with E-state index in [1.165, 1.54) is 31.2 Å². The van der Waals surface area contributed by atoms with Gasteiger partial charge in [0.25, 0.3) is 0 Å². The summed E-state index contributed by atoms with van der Waals surface area (Å²) in [6.07, 6.45) is 5.72. The minimum absolute atomic E-state index is 0.780. The summed E-state index contributed by atoms with van der Waals surface area (Å²) in [7, 11) is 0. The van der Waals surface area contributed by atoms with Crippen LogP contribution in [0.2, 0.25) is 0 Å². The van der Waals surface area contributed by atoms with Gasteiger partial charge < -0.3 is 0 Å². The average Bonchev–Trinajstić information content (AvgIpc) is 2.91. The number of benzene rings is 1. The molecule has 2 saturated carbocycles. The lowest BCUT2D eigenvalue weighted by Crippen LogP contribution is -2.08. The van der Waals surface area contributed by atoms with Crippen molar-refractivity contribution in [3.8, 4) is 6.07 Å². The van der Waals surface area contributed by atoms with Crippen LogP contribution in [0, 0.1) is 23.2 Å². The standard InChI is InChI=1S/C14H15N/c15-9-10-1-4-12(5-2-10)14-8-11-3-6-13(14)7-11/h1-2,4-5,11,13-14H,3,6-8H2/t11-,13+,14-/m0/s1. The molecule has 76 valence electrons. The number of nitrogens with zero attached hydrogens (tertiary/aromatic N) is 1. The van der Waals surface area contributed by atoms with Crippen molar-refractivity contribution in [1.82, 2.24) is 0 Å². The Kier molecular flexibility index (Phi) is 2.02. The molecule has 0 unspecified atom stereocenters. The summed E-state index contributed by atoms with van der Waals surface area (Å²) in [4.78, 5) is 0. The zero-order valence-electron chi connectivity index (χ0n) is 8.82. The average molecular weight is 197 g/mol. The fourth-order valence-electron chi connectivity index (χ4n) is 3.46. The highest BCUT2D eigenvalue weighted by Gasteiger charge is 2.39. The first-order chi connectivity index (χ1) is 7.36. The van der Waals surface area contributed by atoms with Crippen LogP contribution in [0.4, 0.5) is 0 Å². The van der Waals surface area contributed by atoms with Crippen LogP contribution in [0.1, 0.15) is 42.7 Å². The highest BCUT2D eigenvalue weighted by atomic mass is 14.4. The molecule has 0 aliphatic heterocycles. The van der Waals surface area contributed by atoms with Crippen LogP contribution in [0.5, 0.6) is 0 Å². The van der Waals surface area contributed by atoms with E-state index in [0.717, 1.165) is 23.3 Å². The summed E-state index contributed by atoms with van der Waals surface area (Å²) in [6, 6.07) is 10.4. The maximum Gasteiger partial charge on any atom is 0.0991 e. The lowest BCUT2D eigenvalue weighted by molar-refractivity contribution is 0.420. The Labute approximate surface area is 90.7 Å². The first kappa shape index (κ1) is 8.97. The van der Waals surface area contributed by atoms with Crippen LogP contribution < -0.4 is 0 Å². The molecule has 0 N–H and O–H groups in total. The van der Waals surface area contributed by atoms with Gasteiger partial charge in [-0.05, 0) is 54.7 Å². The Morgan fingerprint density at radius 3 is 2.40 bits per heavy atom. The van der Waals surface area contributed by atoms with E-state index in [1.807, 2.05) is 12.1 Å². The van der Waals surface area contributed by atoms with Gasteiger partial charge in [-0.2, -0.15) is 5.26 Å². The summed E-state index contributed by atoms with van der Waals surface area (Å²) < 4.78 is 0. The summed E-state index contributed by atoms with van der Waals surface area (Å²) in [5.41, 5.74) is 2.24. The van der Waals surface area contributed by atoms with Crippen LogP contribution in [-0.2, 0) is 0 Å². The second kappa shape index (κ2) is 3.38. The molecule has 15 heavy (non-hydrogen) atoms. The van der Waals surface area contributed by atoms with E-state index >= 15 is 0 Å². The topological polar surface area (TPSA) is 23.8 Å². The molecule has 2 aliphatic carbocycles. The van der Waals surface area contributed by atoms with Crippen molar-refractivity contribution in [2.75, 3.05) is 0 Å². The molecule has 1 aromatic carbocycles. The number of nitriles is 1. The summed E-state index contributed by atoms with van der Waals surface area (Å²) in [5.74, 6) is 2.72. The lowest BCUT2D eigenvalue weighted by Gasteiger charge is -2.21. The Morgan fingerprint density at radius 1 is 1.07 bits per heavy atom. The third-order valence-electron chi connectivity index (χ3n) is 4.21. The minimum Gasteiger partial charge on any atom is -0.192 e.